The van der Waals surface area contributed by atoms with E-state index in [9.17, 15) is 13.2 Å². The average Bonchev–Trinajstić information content (AvgIpc) is 3.62. The van der Waals surface area contributed by atoms with Gasteiger partial charge >= 0.3 is 0 Å². The van der Waals surface area contributed by atoms with Crippen molar-refractivity contribution in [1.82, 2.24) is 14.7 Å². The second-order valence-corrected chi connectivity index (χ2v) is 9.83. The second kappa shape index (κ2) is 6.24. The summed E-state index contributed by atoms with van der Waals surface area (Å²) in [6, 6.07) is 6.28. The van der Waals surface area contributed by atoms with Crippen LogP contribution in [-0.4, -0.2) is 37.4 Å². The molecule has 2 aliphatic carbocycles. The zero-order valence-electron chi connectivity index (χ0n) is 17.1. The fourth-order valence-electron chi connectivity index (χ4n) is 4.10. The highest BCUT2D eigenvalue weighted by Crippen LogP contribution is 2.58. The number of sulfonamides is 1. The third-order valence-corrected chi connectivity index (χ3v) is 7.49. The molecule has 1 aliphatic heterocycles. The van der Waals surface area contributed by atoms with Crippen molar-refractivity contribution in [2.75, 3.05) is 17.2 Å². The molecule has 1 spiro atoms. The Kier molecular flexibility index (Phi) is 3.73. The van der Waals surface area contributed by atoms with Crippen molar-refractivity contribution in [3.05, 3.63) is 36.0 Å². The van der Waals surface area contributed by atoms with E-state index >= 15 is 0 Å². The van der Waals surface area contributed by atoms with E-state index in [0.717, 1.165) is 31.2 Å². The van der Waals surface area contributed by atoms with Crippen LogP contribution < -0.4 is 14.9 Å². The maximum atomic E-state index is 13.1. The molecule has 0 radical (unpaired) electrons. The van der Waals surface area contributed by atoms with Crippen molar-refractivity contribution >= 4 is 33.4 Å². The fraction of sp³-hybridized carbons (Fsp3) is 0.450. The minimum atomic E-state index is -3.68. The van der Waals surface area contributed by atoms with Crippen LogP contribution in [0.1, 0.15) is 39.5 Å². The third kappa shape index (κ3) is 2.91. The van der Waals surface area contributed by atoms with Gasteiger partial charge in [0.05, 0.1) is 10.3 Å². The van der Waals surface area contributed by atoms with Gasteiger partial charge in [-0.05, 0) is 69.8 Å². The molecule has 0 saturated heterocycles. The Hall–Kier alpha value is -2.52. The molecule has 1 atom stereocenters. The third-order valence-electron chi connectivity index (χ3n) is 6.21. The summed E-state index contributed by atoms with van der Waals surface area (Å²) in [5, 5.41) is 3.10. The molecule has 9 heteroatoms. The fourth-order valence-corrected chi connectivity index (χ4v) is 4.76. The lowest BCUT2D eigenvalue weighted by atomic mass is 10.0. The van der Waals surface area contributed by atoms with Gasteiger partial charge in [0.1, 0.15) is 5.82 Å². The normalized spacial score (nSPS) is 21.1. The number of aromatic nitrogens is 2. The van der Waals surface area contributed by atoms with E-state index in [1.54, 1.807) is 18.3 Å². The molecule has 5 rings (SSSR count). The Morgan fingerprint density at radius 2 is 2.00 bits per heavy atom. The van der Waals surface area contributed by atoms with Gasteiger partial charge in [-0.1, -0.05) is 0 Å². The molecule has 0 unspecified atom stereocenters. The van der Waals surface area contributed by atoms with E-state index < -0.39 is 22.5 Å². The first-order valence-corrected chi connectivity index (χ1v) is 11.2. The van der Waals surface area contributed by atoms with E-state index in [1.165, 1.54) is 12.1 Å². The number of nitrogens with zero attached hydrogens (tertiary/aromatic N) is 3. The molecule has 2 heterocycles. The average molecular weight is 415 g/mol. The molecule has 1 aromatic heterocycles. The van der Waals surface area contributed by atoms with Crippen molar-refractivity contribution in [3.63, 3.8) is 0 Å². The summed E-state index contributed by atoms with van der Waals surface area (Å²) in [6.07, 6.45) is 5.75. The summed E-state index contributed by atoms with van der Waals surface area (Å²) in [4.78, 5) is 24.2. The van der Waals surface area contributed by atoms with E-state index in [0.29, 0.717) is 23.4 Å². The smallest absolute Gasteiger partial charge is 0.240 e. The molecule has 2 saturated carbocycles. The summed E-state index contributed by atoms with van der Waals surface area (Å²) in [6.45, 7) is 2.10. The lowest BCUT2D eigenvalue weighted by Gasteiger charge is -2.25. The number of carbonyl (C=O) groups is 1. The Bertz CT molecular complexity index is 1110. The molecular weight excluding hydrogens is 390 g/mol. The van der Waals surface area contributed by atoms with E-state index in [4.69, 9.17) is 1.37 Å². The van der Waals surface area contributed by atoms with Crippen molar-refractivity contribution in [1.29, 1.82) is 0 Å². The van der Waals surface area contributed by atoms with Crippen molar-refractivity contribution in [2.24, 2.45) is 5.92 Å². The molecule has 3 aliphatic rings. The van der Waals surface area contributed by atoms with E-state index in [2.05, 4.69) is 26.9 Å². The van der Waals surface area contributed by atoms with Crippen molar-refractivity contribution in [2.45, 2.75) is 49.0 Å². The number of fused-ring (bicyclic) bond motifs is 2. The van der Waals surface area contributed by atoms with Gasteiger partial charge < -0.3 is 5.32 Å². The number of hydrogen-bond donors (Lipinski definition) is 2. The van der Waals surface area contributed by atoms with Crippen LogP contribution in [0.3, 0.4) is 0 Å². The molecule has 0 bridgehead atoms. The standard InChI is InChI=1S/C20H23N5O3S/c1-12(13-3-4-13)25-17-16(20(9-10-20)18(25)26)11-22-19(24-17)23-14-5-7-15(8-6-14)29(27,28)21-2/h5-8,11-13,21H,3-4,9-10H2,1-2H3,(H,22,23,24)/t12-/m0/s1/i2D. The molecule has 8 nitrogen and oxygen atoms in total. The summed E-state index contributed by atoms with van der Waals surface area (Å²) in [7, 11) is -4.10. The number of hydrogen-bond acceptors (Lipinski definition) is 6. The number of benzene rings is 1. The minimum Gasteiger partial charge on any atom is -0.324 e. The number of rotatable bonds is 6. The zero-order valence-corrected chi connectivity index (χ0v) is 16.9. The zero-order chi connectivity index (χ0) is 21.1. The first-order chi connectivity index (χ1) is 14.4. The quantitative estimate of drug-likeness (QED) is 0.752. The SMILES string of the molecule is [2H]CNS(=O)(=O)c1ccc(Nc2ncc3c(n2)N([C@@H](C)C2CC2)C(=O)C32CC2)cc1. The molecule has 1 amide bonds. The van der Waals surface area contributed by atoms with Gasteiger partial charge in [0, 0.05) is 24.9 Å². The topological polar surface area (TPSA) is 104 Å². The summed E-state index contributed by atoms with van der Waals surface area (Å²) in [5.74, 6) is 1.76. The maximum Gasteiger partial charge on any atom is 0.240 e. The van der Waals surface area contributed by atoms with Crippen LogP contribution in [0.15, 0.2) is 35.4 Å². The summed E-state index contributed by atoms with van der Waals surface area (Å²) >= 11 is 0. The maximum absolute atomic E-state index is 13.1. The largest absolute Gasteiger partial charge is 0.324 e. The van der Waals surface area contributed by atoms with Gasteiger partial charge in [-0.3, -0.25) is 9.69 Å². The lowest BCUT2D eigenvalue weighted by molar-refractivity contribution is -0.120. The van der Waals surface area contributed by atoms with E-state index in [1.807, 2.05) is 4.90 Å². The van der Waals surface area contributed by atoms with Gasteiger partial charge in [-0.2, -0.15) is 4.98 Å². The number of anilines is 3. The summed E-state index contributed by atoms with van der Waals surface area (Å²) < 4.78 is 33.1. The van der Waals surface area contributed by atoms with Crippen LogP contribution >= 0.6 is 0 Å². The van der Waals surface area contributed by atoms with Crippen LogP contribution in [0.4, 0.5) is 17.5 Å². The van der Waals surface area contributed by atoms with Crippen LogP contribution in [0.25, 0.3) is 0 Å². The van der Waals surface area contributed by atoms with Crippen LogP contribution in [0.5, 0.6) is 0 Å². The molecule has 2 aromatic rings. The Balaban J connectivity index is 1.42. The predicted molar refractivity (Wildman–Crippen MR) is 109 cm³/mol. The minimum absolute atomic E-state index is 0.0841. The Labute approximate surface area is 171 Å². The highest BCUT2D eigenvalue weighted by atomic mass is 32.2. The molecule has 1 aromatic carbocycles. The molecule has 2 N–H and O–H groups in total. The first kappa shape index (κ1) is 17.3. The van der Waals surface area contributed by atoms with Gasteiger partial charge in [-0.15, -0.1) is 0 Å². The molecule has 29 heavy (non-hydrogen) atoms. The first-order valence-electron chi connectivity index (χ1n) is 10.4. The van der Waals surface area contributed by atoms with Gasteiger partial charge in [-0.25, -0.2) is 18.1 Å². The van der Waals surface area contributed by atoms with Crippen LogP contribution in [-0.2, 0) is 20.2 Å². The number of carbonyl (C=O) groups excluding carboxylic acids is 1. The second-order valence-electron chi connectivity index (χ2n) is 8.06. The lowest BCUT2D eigenvalue weighted by Crippen LogP contribution is -2.40. The van der Waals surface area contributed by atoms with Crippen LogP contribution in [0.2, 0.25) is 0 Å². The van der Waals surface area contributed by atoms with Crippen molar-refractivity contribution in [3.8, 4) is 0 Å². The summed E-state index contributed by atoms with van der Waals surface area (Å²) in [5.41, 5.74) is 1.14. The van der Waals surface area contributed by atoms with Gasteiger partial charge in [0.15, 0.2) is 0 Å². The Morgan fingerprint density at radius 1 is 1.28 bits per heavy atom. The van der Waals surface area contributed by atoms with E-state index in [-0.39, 0.29) is 16.8 Å². The molecule has 2 fully saturated rings. The van der Waals surface area contributed by atoms with Gasteiger partial charge in [0.2, 0.25) is 21.9 Å². The monoisotopic (exact) mass is 414 g/mol. The molecule has 152 valence electrons. The molecular formula is C20H23N5O3S. The Morgan fingerprint density at radius 3 is 2.62 bits per heavy atom. The van der Waals surface area contributed by atoms with Crippen molar-refractivity contribution < 1.29 is 14.6 Å². The predicted octanol–water partition coefficient (Wildman–Crippen LogP) is 2.31. The number of nitrogens with one attached hydrogen (secondary N) is 2. The van der Waals surface area contributed by atoms with Crippen LogP contribution in [0, 0.1) is 5.92 Å². The highest BCUT2D eigenvalue weighted by molar-refractivity contribution is 7.89. The number of amides is 1. The van der Waals surface area contributed by atoms with Gasteiger partial charge in [0.25, 0.3) is 0 Å². The highest BCUT2D eigenvalue weighted by Gasteiger charge is 2.61.